The molecule has 3 aromatic rings. The minimum absolute atomic E-state index is 0.766. The van der Waals surface area contributed by atoms with Crippen molar-refractivity contribution >= 4 is 17.4 Å². The van der Waals surface area contributed by atoms with Crippen LogP contribution in [0.4, 0.5) is 5.69 Å². The normalized spacial score (nSPS) is 10.7. The average molecular weight is 300 g/mol. The molecule has 0 aliphatic rings. The summed E-state index contributed by atoms with van der Waals surface area (Å²) in [6.45, 7) is 3.81. The molecule has 0 bridgehead atoms. The number of hydrogen-bond donors (Lipinski definition) is 2. The highest BCUT2D eigenvalue weighted by molar-refractivity contribution is 7.99. The third kappa shape index (κ3) is 3.43. The number of nitrogens with one attached hydrogen (secondary N) is 2. The van der Waals surface area contributed by atoms with E-state index >= 15 is 0 Å². The third-order valence-electron chi connectivity index (χ3n) is 3.07. The Bertz CT molecular complexity index is 674. The van der Waals surface area contributed by atoms with Gasteiger partial charge in [0.1, 0.15) is 6.33 Å². The quantitative estimate of drug-likeness (QED) is 0.732. The van der Waals surface area contributed by atoms with E-state index < -0.39 is 0 Å². The summed E-state index contributed by atoms with van der Waals surface area (Å²) in [6, 6.07) is 8.25. The smallest absolute Gasteiger partial charge is 0.188 e. The fourth-order valence-electron chi connectivity index (χ4n) is 1.97. The van der Waals surface area contributed by atoms with Gasteiger partial charge in [-0.2, -0.15) is 5.10 Å². The van der Waals surface area contributed by atoms with Crippen LogP contribution in [0.5, 0.6) is 0 Å². The fourth-order valence-corrected chi connectivity index (χ4v) is 2.66. The number of aromatic amines is 1. The molecule has 108 valence electrons. The van der Waals surface area contributed by atoms with Crippen molar-refractivity contribution in [2.24, 2.45) is 0 Å². The lowest BCUT2D eigenvalue weighted by atomic mass is 10.3. The fraction of sp³-hybridized carbons (Fsp3) is 0.214. The summed E-state index contributed by atoms with van der Waals surface area (Å²) in [7, 11) is 0. The summed E-state index contributed by atoms with van der Waals surface area (Å²) in [6.07, 6.45) is 5.26. The highest BCUT2D eigenvalue weighted by Gasteiger charge is 2.02. The number of imidazole rings is 1. The molecule has 0 saturated heterocycles. The van der Waals surface area contributed by atoms with Crippen LogP contribution in [-0.2, 0) is 13.1 Å². The van der Waals surface area contributed by atoms with Crippen LogP contribution < -0.4 is 5.32 Å². The molecule has 7 heteroatoms. The van der Waals surface area contributed by atoms with Crippen molar-refractivity contribution in [2.75, 3.05) is 5.32 Å². The number of aromatic nitrogens is 5. The van der Waals surface area contributed by atoms with Crippen molar-refractivity contribution in [1.29, 1.82) is 0 Å². The molecule has 0 aliphatic heterocycles. The van der Waals surface area contributed by atoms with E-state index in [1.54, 1.807) is 11.8 Å². The maximum atomic E-state index is 4.16. The lowest BCUT2D eigenvalue weighted by Crippen LogP contribution is -2.05. The van der Waals surface area contributed by atoms with Crippen molar-refractivity contribution in [3.8, 4) is 0 Å². The second-order valence-electron chi connectivity index (χ2n) is 4.44. The van der Waals surface area contributed by atoms with Gasteiger partial charge in [-0.15, -0.1) is 0 Å². The highest BCUT2D eigenvalue weighted by Crippen LogP contribution is 2.25. The molecule has 0 saturated carbocycles. The predicted octanol–water partition coefficient (Wildman–Crippen LogP) is 2.78. The van der Waals surface area contributed by atoms with Gasteiger partial charge in [0, 0.05) is 23.3 Å². The molecule has 0 unspecified atom stereocenters. The summed E-state index contributed by atoms with van der Waals surface area (Å²) < 4.78 is 2.13. The van der Waals surface area contributed by atoms with Crippen molar-refractivity contribution in [2.45, 2.75) is 30.1 Å². The Hall–Kier alpha value is -2.28. The van der Waals surface area contributed by atoms with Gasteiger partial charge in [0.2, 0.25) is 0 Å². The van der Waals surface area contributed by atoms with Gasteiger partial charge in [-0.25, -0.2) is 9.97 Å². The maximum Gasteiger partial charge on any atom is 0.188 e. The molecule has 6 nitrogen and oxygen atoms in total. The average Bonchev–Trinajstić information content (AvgIpc) is 3.17. The molecule has 2 N–H and O–H groups in total. The first kappa shape index (κ1) is 13.7. The highest BCUT2D eigenvalue weighted by atomic mass is 32.2. The summed E-state index contributed by atoms with van der Waals surface area (Å²) in [5, 5.41) is 10.9. The molecule has 21 heavy (non-hydrogen) atoms. The van der Waals surface area contributed by atoms with Gasteiger partial charge in [-0.3, -0.25) is 5.10 Å². The Balaban J connectivity index is 1.59. The summed E-state index contributed by atoms with van der Waals surface area (Å²) >= 11 is 1.55. The number of anilines is 1. The van der Waals surface area contributed by atoms with Gasteiger partial charge in [-0.05, 0) is 31.2 Å². The van der Waals surface area contributed by atoms with E-state index in [1.165, 1.54) is 12.0 Å². The van der Waals surface area contributed by atoms with E-state index in [9.17, 15) is 0 Å². The number of aryl methyl sites for hydroxylation is 1. The molecule has 0 amide bonds. The zero-order chi connectivity index (χ0) is 14.5. The molecule has 0 radical (unpaired) electrons. The number of nitrogens with zero attached hydrogens (tertiary/aromatic N) is 4. The molecular weight excluding hydrogens is 284 g/mol. The van der Waals surface area contributed by atoms with E-state index in [0.29, 0.717) is 0 Å². The second kappa shape index (κ2) is 6.45. The van der Waals surface area contributed by atoms with Gasteiger partial charge < -0.3 is 9.88 Å². The predicted molar refractivity (Wildman–Crippen MR) is 82.2 cm³/mol. The van der Waals surface area contributed by atoms with Gasteiger partial charge in [0.25, 0.3) is 0 Å². The lowest BCUT2D eigenvalue weighted by Gasteiger charge is -2.08. The van der Waals surface area contributed by atoms with Crippen LogP contribution in [0.3, 0.4) is 0 Å². The van der Waals surface area contributed by atoms with Crippen LogP contribution in [-0.4, -0.2) is 24.7 Å². The van der Waals surface area contributed by atoms with E-state index in [1.807, 2.05) is 12.5 Å². The number of rotatable bonds is 6. The zero-order valence-corrected chi connectivity index (χ0v) is 12.5. The standard InChI is InChI=1S/C14H16N6S/c1-2-20-10-15-7-12(20)8-16-11-3-5-13(6-4-11)21-14-17-9-18-19-14/h3-7,9-10,16H,2,8H2,1H3,(H,17,18,19). The second-order valence-corrected chi connectivity index (χ2v) is 5.50. The SMILES string of the molecule is CCn1cncc1CNc1ccc(Sc2ncn[nH]2)cc1. The van der Waals surface area contributed by atoms with Crippen LogP contribution in [0.15, 0.2) is 53.2 Å². The van der Waals surface area contributed by atoms with Crippen LogP contribution in [0.1, 0.15) is 12.6 Å². The Morgan fingerprint density at radius 3 is 2.86 bits per heavy atom. The Morgan fingerprint density at radius 2 is 2.14 bits per heavy atom. The van der Waals surface area contributed by atoms with Gasteiger partial charge in [-0.1, -0.05) is 11.8 Å². The molecule has 1 aromatic carbocycles. The molecule has 0 atom stereocenters. The number of hydrogen-bond acceptors (Lipinski definition) is 5. The van der Waals surface area contributed by atoms with Gasteiger partial charge in [0.05, 0.1) is 18.6 Å². The minimum Gasteiger partial charge on any atom is -0.379 e. The molecule has 2 aromatic heterocycles. The number of benzene rings is 1. The number of H-pyrrole nitrogens is 1. The Morgan fingerprint density at radius 1 is 1.29 bits per heavy atom. The van der Waals surface area contributed by atoms with Crippen LogP contribution >= 0.6 is 11.8 Å². The first-order chi connectivity index (χ1) is 10.3. The molecule has 0 fully saturated rings. The molecule has 0 spiro atoms. The largest absolute Gasteiger partial charge is 0.379 e. The zero-order valence-electron chi connectivity index (χ0n) is 11.7. The Kier molecular flexibility index (Phi) is 4.20. The minimum atomic E-state index is 0.766. The van der Waals surface area contributed by atoms with E-state index in [0.717, 1.165) is 28.8 Å². The van der Waals surface area contributed by atoms with Crippen molar-refractivity contribution in [3.63, 3.8) is 0 Å². The summed E-state index contributed by atoms with van der Waals surface area (Å²) in [5.74, 6) is 0. The first-order valence-corrected chi connectivity index (χ1v) is 7.53. The monoisotopic (exact) mass is 300 g/mol. The summed E-state index contributed by atoms with van der Waals surface area (Å²) in [5.41, 5.74) is 2.26. The van der Waals surface area contributed by atoms with Crippen molar-refractivity contribution < 1.29 is 0 Å². The van der Waals surface area contributed by atoms with E-state index in [2.05, 4.69) is 61.2 Å². The summed E-state index contributed by atoms with van der Waals surface area (Å²) in [4.78, 5) is 9.38. The molecule has 3 rings (SSSR count). The van der Waals surface area contributed by atoms with Crippen LogP contribution in [0.25, 0.3) is 0 Å². The first-order valence-electron chi connectivity index (χ1n) is 6.71. The van der Waals surface area contributed by atoms with Gasteiger partial charge >= 0.3 is 0 Å². The molecule has 2 heterocycles. The lowest BCUT2D eigenvalue weighted by molar-refractivity contribution is 0.719. The van der Waals surface area contributed by atoms with E-state index in [-0.39, 0.29) is 0 Å². The van der Waals surface area contributed by atoms with Crippen LogP contribution in [0, 0.1) is 0 Å². The van der Waals surface area contributed by atoms with Gasteiger partial charge in [0.15, 0.2) is 5.16 Å². The Labute approximate surface area is 127 Å². The van der Waals surface area contributed by atoms with E-state index in [4.69, 9.17) is 0 Å². The van der Waals surface area contributed by atoms with Crippen molar-refractivity contribution in [1.82, 2.24) is 24.7 Å². The molecular formula is C14H16N6S. The maximum absolute atomic E-state index is 4.16. The molecule has 0 aliphatic carbocycles. The topological polar surface area (TPSA) is 71.4 Å². The van der Waals surface area contributed by atoms with Crippen molar-refractivity contribution in [3.05, 3.63) is 48.8 Å². The third-order valence-corrected chi connectivity index (χ3v) is 3.97. The van der Waals surface area contributed by atoms with Crippen LogP contribution in [0.2, 0.25) is 0 Å².